The van der Waals surface area contributed by atoms with Crippen LogP contribution in [0.3, 0.4) is 0 Å². The summed E-state index contributed by atoms with van der Waals surface area (Å²) in [4.78, 5) is 2.45. The van der Waals surface area contributed by atoms with Crippen LogP contribution in [0.15, 0.2) is 0 Å². The Kier molecular flexibility index (Phi) is 8.73. The largest absolute Gasteiger partial charge is 0.330 e. The summed E-state index contributed by atoms with van der Waals surface area (Å²) in [7, 11) is 2.22. The third kappa shape index (κ3) is 6.68. The van der Waals surface area contributed by atoms with E-state index in [9.17, 15) is 0 Å². The molecule has 0 amide bonds. The first-order chi connectivity index (χ1) is 6.61. The van der Waals surface area contributed by atoms with Gasteiger partial charge < -0.3 is 10.6 Å². The number of hydrogen-bond donors (Lipinski definition) is 1. The van der Waals surface area contributed by atoms with Gasteiger partial charge in [-0.15, -0.1) is 0 Å². The normalized spacial score (nSPS) is 15.9. The zero-order valence-electron chi connectivity index (χ0n) is 10.1. The summed E-state index contributed by atoms with van der Waals surface area (Å²) in [6, 6.07) is 0.701. The first-order valence-electron chi connectivity index (χ1n) is 5.51. The van der Waals surface area contributed by atoms with Crippen molar-refractivity contribution in [1.29, 1.82) is 0 Å². The highest BCUT2D eigenvalue weighted by Gasteiger charge is 2.09. The van der Waals surface area contributed by atoms with Crippen molar-refractivity contribution in [1.82, 2.24) is 4.90 Å². The highest BCUT2D eigenvalue weighted by Crippen LogP contribution is 2.08. The van der Waals surface area contributed by atoms with Crippen LogP contribution in [-0.2, 0) is 0 Å². The summed E-state index contributed by atoms with van der Waals surface area (Å²) in [5.41, 5.74) is 5.59. The SMILES string of the molecule is CSCCC(C)N(C)CCC(C)CN. The first-order valence-corrected chi connectivity index (χ1v) is 6.90. The molecule has 0 saturated carbocycles. The van der Waals surface area contributed by atoms with Gasteiger partial charge in [-0.25, -0.2) is 0 Å². The average molecular weight is 218 g/mol. The van der Waals surface area contributed by atoms with Crippen molar-refractivity contribution >= 4 is 11.8 Å². The van der Waals surface area contributed by atoms with Crippen LogP contribution in [-0.4, -0.2) is 43.1 Å². The quantitative estimate of drug-likeness (QED) is 0.676. The lowest BCUT2D eigenvalue weighted by Gasteiger charge is -2.25. The maximum atomic E-state index is 5.59. The monoisotopic (exact) mass is 218 g/mol. The topological polar surface area (TPSA) is 29.3 Å². The first kappa shape index (κ1) is 14.3. The van der Waals surface area contributed by atoms with E-state index in [1.807, 2.05) is 11.8 Å². The molecule has 0 heterocycles. The van der Waals surface area contributed by atoms with Crippen LogP contribution in [0, 0.1) is 5.92 Å². The fourth-order valence-electron chi connectivity index (χ4n) is 1.27. The van der Waals surface area contributed by atoms with E-state index in [0.717, 1.165) is 6.54 Å². The third-order valence-electron chi connectivity index (χ3n) is 2.87. The summed E-state index contributed by atoms with van der Waals surface area (Å²) in [5.74, 6) is 1.92. The number of rotatable bonds is 8. The van der Waals surface area contributed by atoms with Gasteiger partial charge in [0.05, 0.1) is 0 Å². The van der Waals surface area contributed by atoms with Gasteiger partial charge in [0.1, 0.15) is 0 Å². The lowest BCUT2D eigenvalue weighted by molar-refractivity contribution is 0.237. The molecule has 2 unspecified atom stereocenters. The Labute approximate surface area is 93.6 Å². The minimum atomic E-state index is 0.658. The highest BCUT2D eigenvalue weighted by molar-refractivity contribution is 7.98. The van der Waals surface area contributed by atoms with E-state index in [1.165, 1.54) is 25.1 Å². The van der Waals surface area contributed by atoms with Gasteiger partial charge in [-0.2, -0.15) is 11.8 Å². The molecule has 2 atom stereocenters. The maximum absolute atomic E-state index is 5.59. The van der Waals surface area contributed by atoms with Crippen molar-refractivity contribution in [2.24, 2.45) is 11.7 Å². The minimum absolute atomic E-state index is 0.658. The number of nitrogens with zero attached hydrogens (tertiary/aromatic N) is 1. The van der Waals surface area contributed by atoms with Crippen molar-refractivity contribution in [3.05, 3.63) is 0 Å². The van der Waals surface area contributed by atoms with Crippen LogP contribution in [0.1, 0.15) is 26.7 Å². The van der Waals surface area contributed by atoms with Gasteiger partial charge >= 0.3 is 0 Å². The molecule has 2 N–H and O–H groups in total. The second kappa shape index (κ2) is 8.57. The Morgan fingerprint density at radius 3 is 2.43 bits per heavy atom. The van der Waals surface area contributed by atoms with Gasteiger partial charge in [0, 0.05) is 6.04 Å². The molecule has 0 aromatic heterocycles. The number of hydrogen-bond acceptors (Lipinski definition) is 3. The Morgan fingerprint density at radius 1 is 1.29 bits per heavy atom. The van der Waals surface area contributed by atoms with Crippen LogP contribution in [0.5, 0.6) is 0 Å². The van der Waals surface area contributed by atoms with E-state index in [2.05, 4.69) is 32.1 Å². The lowest BCUT2D eigenvalue weighted by atomic mass is 10.1. The van der Waals surface area contributed by atoms with Gasteiger partial charge in [0.2, 0.25) is 0 Å². The third-order valence-corrected chi connectivity index (χ3v) is 3.51. The molecule has 2 nitrogen and oxygen atoms in total. The zero-order chi connectivity index (χ0) is 11.0. The lowest BCUT2D eigenvalue weighted by Crippen LogP contribution is -2.32. The van der Waals surface area contributed by atoms with Crippen molar-refractivity contribution < 1.29 is 0 Å². The van der Waals surface area contributed by atoms with E-state index in [-0.39, 0.29) is 0 Å². The molecule has 0 saturated heterocycles. The molecular formula is C11H26N2S. The van der Waals surface area contributed by atoms with E-state index in [1.54, 1.807) is 0 Å². The van der Waals surface area contributed by atoms with Crippen LogP contribution in [0.25, 0.3) is 0 Å². The fourth-order valence-corrected chi connectivity index (χ4v) is 1.85. The van der Waals surface area contributed by atoms with Crippen molar-refractivity contribution in [3.63, 3.8) is 0 Å². The summed E-state index contributed by atoms with van der Waals surface area (Å²) in [6.07, 6.45) is 4.68. The molecule has 0 aliphatic heterocycles. The molecule has 0 bridgehead atoms. The Hall–Kier alpha value is 0.270. The molecule has 0 aromatic carbocycles. The second-order valence-corrected chi connectivity index (χ2v) is 5.23. The Balaban J connectivity index is 3.55. The molecule has 3 heteroatoms. The Morgan fingerprint density at radius 2 is 1.93 bits per heavy atom. The van der Waals surface area contributed by atoms with E-state index >= 15 is 0 Å². The van der Waals surface area contributed by atoms with Crippen molar-refractivity contribution in [2.75, 3.05) is 32.1 Å². The summed E-state index contributed by atoms with van der Waals surface area (Å²) in [5, 5.41) is 0. The van der Waals surface area contributed by atoms with Crippen LogP contribution >= 0.6 is 11.8 Å². The molecule has 0 radical (unpaired) electrons. The predicted molar refractivity (Wildman–Crippen MR) is 67.9 cm³/mol. The van der Waals surface area contributed by atoms with Gasteiger partial charge in [0.25, 0.3) is 0 Å². The highest BCUT2D eigenvalue weighted by atomic mass is 32.2. The molecule has 0 aliphatic rings. The molecule has 0 aromatic rings. The van der Waals surface area contributed by atoms with Crippen LogP contribution in [0.2, 0.25) is 0 Å². The van der Waals surface area contributed by atoms with Crippen LogP contribution in [0.4, 0.5) is 0 Å². The zero-order valence-corrected chi connectivity index (χ0v) is 10.9. The maximum Gasteiger partial charge on any atom is 0.00717 e. The molecule has 0 spiro atoms. The molecule has 14 heavy (non-hydrogen) atoms. The van der Waals surface area contributed by atoms with E-state index < -0.39 is 0 Å². The number of thioether (sulfide) groups is 1. The standard InChI is InChI=1S/C11H26N2S/c1-10(9-12)5-7-13(3)11(2)6-8-14-4/h10-11H,5-9,12H2,1-4H3. The van der Waals surface area contributed by atoms with E-state index in [4.69, 9.17) is 5.73 Å². The second-order valence-electron chi connectivity index (χ2n) is 4.24. The minimum Gasteiger partial charge on any atom is -0.330 e. The molecule has 0 rings (SSSR count). The molecule has 0 aliphatic carbocycles. The van der Waals surface area contributed by atoms with Gasteiger partial charge in [-0.3, -0.25) is 0 Å². The summed E-state index contributed by atoms with van der Waals surface area (Å²) >= 11 is 1.93. The van der Waals surface area contributed by atoms with Crippen LogP contribution < -0.4 is 5.73 Å². The summed E-state index contributed by atoms with van der Waals surface area (Å²) < 4.78 is 0. The summed E-state index contributed by atoms with van der Waals surface area (Å²) in [6.45, 7) is 6.52. The Bertz CT molecular complexity index is 130. The molecule has 86 valence electrons. The fraction of sp³-hybridized carbons (Fsp3) is 1.00. The predicted octanol–water partition coefficient (Wildman–Crippen LogP) is 2.04. The average Bonchev–Trinajstić information content (AvgIpc) is 2.21. The van der Waals surface area contributed by atoms with Crippen molar-refractivity contribution in [2.45, 2.75) is 32.7 Å². The van der Waals surface area contributed by atoms with Crippen molar-refractivity contribution in [3.8, 4) is 0 Å². The van der Waals surface area contributed by atoms with Gasteiger partial charge in [0.15, 0.2) is 0 Å². The number of nitrogens with two attached hydrogens (primary N) is 1. The van der Waals surface area contributed by atoms with E-state index in [0.29, 0.717) is 12.0 Å². The smallest absolute Gasteiger partial charge is 0.00717 e. The van der Waals surface area contributed by atoms with Gasteiger partial charge in [-0.05, 0) is 57.8 Å². The molecule has 0 fully saturated rings. The molecular weight excluding hydrogens is 192 g/mol. The van der Waals surface area contributed by atoms with Gasteiger partial charge in [-0.1, -0.05) is 6.92 Å².